The van der Waals surface area contributed by atoms with Crippen LogP contribution in [0.5, 0.6) is 0 Å². The molecule has 6 nitrogen and oxygen atoms in total. The van der Waals surface area contributed by atoms with E-state index in [2.05, 4.69) is 26.7 Å². The van der Waals surface area contributed by atoms with E-state index in [1.54, 1.807) is 55.6 Å². The van der Waals surface area contributed by atoms with E-state index in [1.165, 1.54) is 12.1 Å². The lowest BCUT2D eigenvalue weighted by Gasteiger charge is -2.14. The first-order valence-electron chi connectivity index (χ1n) is 9.88. The molecular formula is C22H18N6. The van der Waals surface area contributed by atoms with Crippen LogP contribution < -0.4 is 10.6 Å². The Labute approximate surface area is 168 Å². The lowest BCUT2D eigenvalue weighted by Crippen LogP contribution is -2.02. The number of rotatable bonds is 5. The van der Waals surface area contributed by atoms with Gasteiger partial charge in [-0.1, -0.05) is 0 Å². The van der Waals surface area contributed by atoms with Crippen LogP contribution in [0.25, 0.3) is 6.08 Å². The molecule has 1 heterocycles. The summed E-state index contributed by atoms with van der Waals surface area (Å²) >= 11 is 0. The van der Waals surface area contributed by atoms with Crippen molar-refractivity contribution < 1.29 is 4.11 Å². The highest BCUT2D eigenvalue weighted by atomic mass is 15.1. The number of hydrogen-bond donors (Lipinski definition) is 2. The number of hydrogen-bond acceptors (Lipinski definition) is 6. The molecule has 136 valence electrons. The van der Waals surface area contributed by atoms with Crippen LogP contribution in [-0.2, 0) is 0 Å². The third-order valence-corrected chi connectivity index (χ3v) is 3.89. The Morgan fingerprint density at radius 3 is 2.57 bits per heavy atom. The second-order valence-electron chi connectivity index (χ2n) is 5.93. The van der Waals surface area contributed by atoms with Gasteiger partial charge in [0.05, 0.1) is 17.7 Å². The van der Waals surface area contributed by atoms with Gasteiger partial charge in [-0.25, -0.2) is 4.98 Å². The monoisotopic (exact) mass is 369 g/mol. The van der Waals surface area contributed by atoms with E-state index in [1.807, 2.05) is 6.07 Å². The minimum atomic E-state index is -2.36. The fourth-order valence-electron chi connectivity index (χ4n) is 2.58. The molecule has 3 rings (SSSR count). The van der Waals surface area contributed by atoms with Crippen LogP contribution in [0.4, 0.5) is 23.1 Å². The molecule has 28 heavy (non-hydrogen) atoms. The first-order valence-corrected chi connectivity index (χ1v) is 8.38. The van der Waals surface area contributed by atoms with Crippen LogP contribution in [0.15, 0.2) is 54.7 Å². The normalized spacial score (nSPS) is 12.3. The molecule has 3 aromatic rings. The zero-order chi connectivity index (χ0) is 22.4. The van der Waals surface area contributed by atoms with Crippen molar-refractivity contribution in [3.63, 3.8) is 0 Å². The van der Waals surface area contributed by atoms with Crippen LogP contribution in [0.3, 0.4) is 0 Å². The molecule has 0 bridgehead atoms. The number of nitrogens with zero attached hydrogens (tertiary/aromatic N) is 4. The summed E-state index contributed by atoms with van der Waals surface area (Å²) in [6.07, 6.45) is 4.42. The summed E-state index contributed by atoms with van der Waals surface area (Å²) in [5, 5.41) is 23.8. The zero-order valence-electron chi connectivity index (χ0n) is 18.1. The van der Waals surface area contributed by atoms with E-state index in [0.717, 1.165) is 0 Å². The smallest absolute Gasteiger partial charge is 0.229 e. The summed E-state index contributed by atoms with van der Waals surface area (Å²) in [7, 11) is 0. The highest BCUT2D eigenvalue weighted by molar-refractivity contribution is 5.69. The average molecular weight is 369 g/mol. The highest BCUT2D eigenvalue weighted by Gasteiger charge is 2.07. The predicted octanol–water partition coefficient (Wildman–Crippen LogP) is 4.99. The predicted molar refractivity (Wildman–Crippen MR) is 110 cm³/mol. The molecule has 6 heteroatoms. The van der Waals surface area contributed by atoms with Crippen LogP contribution in [0, 0.1) is 36.4 Å². The first kappa shape index (κ1) is 15.0. The SMILES string of the molecule is [2H]C([2H])([2H])c1cc(/C=C/C#N)cc(C)c1Nc1ccnc(Nc2ccc(C#N)cc2)n1. The molecule has 2 N–H and O–H groups in total. The van der Waals surface area contributed by atoms with Crippen molar-refractivity contribution in [3.8, 4) is 12.1 Å². The average Bonchev–Trinajstić information content (AvgIpc) is 2.74. The Hall–Kier alpha value is -4.16. The number of aryl methyl sites for hydroxylation is 2. The number of allylic oxidation sites excluding steroid dienone is 1. The maximum atomic E-state index is 8.90. The maximum Gasteiger partial charge on any atom is 0.229 e. The second kappa shape index (κ2) is 8.48. The fraction of sp³-hybridized carbons (Fsp3) is 0.0909. The molecule has 0 aliphatic heterocycles. The van der Waals surface area contributed by atoms with Gasteiger partial charge in [0.25, 0.3) is 0 Å². The van der Waals surface area contributed by atoms with Crippen molar-refractivity contribution in [3.05, 3.63) is 77.0 Å². The highest BCUT2D eigenvalue weighted by Crippen LogP contribution is 2.26. The number of nitriles is 2. The van der Waals surface area contributed by atoms with Gasteiger partial charge in [0.2, 0.25) is 5.95 Å². The topological polar surface area (TPSA) is 97.4 Å². The van der Waals surface area contributed by atoms with E-state index < -0.39 is 6.85 Å². The summed E-state index contributed by atoms with van der Waals surface area (Å²) in [6.45, 7) is -0.571. The standard InChI is InChI=1S/C22H18N6/c1-15-12-18(4-3-10-23)13-16(2)21(15)27-20-9-11-25-22(28-20)26-19-7-5-17(14-24)6-8-19/h3-9,11-13H,1-2H3,(H2,25,26,27,28)/b4-3+/i1D3. The first-order chi connectivity index (χ1) is 14.8. The summed E-state index contributed by atoms with van der Waals surface area (Å²) in [6, 6.07) is 15.8. The van der Waals surface area contributed by atoms with E-state index in [-0.39, 0.29) is 5.56 Å². The van der Waals surface area contributed by atoms with Gasteiger partial charge in [-0.05, 0) is 79.0 Å². The molecule has 0 fully saturated rings. The summed E-state index contributed by atoms with van der Waals surface area (Å²) < 4.78 is 23.7. The minimum Gasteiger partial charge on any atom is -0.340 e. The number of aromatic nitrogens is 2. The molecule has 0 amide bonds. The Balaban J connectivity index is 1.91. The van der Waals surface area contributed by atoms with Gasteiger partial charge in [0.1, 0.15) is 5.82 Å². The van der Waals surface area contributed by atoms with Gasteiger partial charge in [0.15, 0.2) is 0 Å². The lowest BCUT2D eigenvalue weighted by molar-refractivity contribution is 1.16. The molecule has 0 saturated heterocycles. The van der Waals surface area contributed by atoms with Crippen LogP contribution in [0.1, 0.15) is 26.4 Å². The van der Waals surface area contributed by atoms with E-state index in [4.69, 9.17) is 14.6 Å². The summed E-state index contributed by atoms with van der Waals surface area (Å²) in [5.74, 6) is 0.733. The zero-order valence-corrected chi connectivity index (χ0v) is 15.1. The Bertz CT molecular complexity index is 1200. The van der Waals surface area contributed by atoms with Crippen LogP contribution >= 0.6 is 0 Å². The van der Waals surface area contributed by atoms with Crippen molar-refractivity contribution >= 4 is 29.2 Å². The molecule has 0 radical (unpaired) electrons. The minimum absolute atomic E-state index is 0.130. The molecule has 0 atom stereocenters. The molecule has 0 aliphatic carbocycles. The number of nitrogens with one attached hydrogen (secondary N) is 2. The fourth-order valence-corrected chi connectivity index (χ4v) is 2.58. The lowest BCUT2D eigenvalue weighted by atomic mass is 10.0. The van der Waals surface area contributed by atoms with Gasteiger partial charge in [-0.3, -0.25) is 0 Å². The molecule has 1 aromatic heterocycles. The Morgan fingerprint density at radius 1 is 1.07 bits per heavy atom. The van der Waals surface area contributed by atoms with Gasteiger partial charge in [0, 0.05) is 27.8 Å². The molecule has 0 aliphatic rings. The Morgan fingerprint density at radius 2 is 1.86 bits per heavy atom. The number of anilines is 4. The third-order valence-electron chi connectivity index (χ3n) is 3.89. The van der Waals surface area contributed by atoms with Crippen molar-refractivity contribution in [1.82, 2.24) is 9.97 Å². The molecule has 0 saturated carbocycles. The largest absolute Gasteiger partial charge is 0.340 e. The van der Waals surface area contributed by atoms with Gasteiger partial charge < -0.3 is 10.6 Å². The van der Waals surface area contributed by atoms with Crippen LogP contribution in [-0.4, -0.2) is 9.97 Å². The quantitative estimate of drug-likeness (QED) is 0.615. The van der Waals surface area contributed by atoms with Crippen molar-refractivity contribution in [2.45, 2.75) is 13.8 Å². The van der Waals surface area contributed by atoms with Gasteiger partial charge in [-0.15, -0.1) is 0 Å². The van der Waals surface area contributed by atoms with Crippen molar-refractivity contribution in [2.75, 3.05) is 10.6 Å². The molecular weight excluding hydrogens is 348 g/mol. The molecule has 2 aromatic carbocycles. The second-order valence-corrected chi connectivity index (χ2v) is 5.93. The number of benzene rings is 2. The third kappa shape index (κ3) is 4.51. The van der Waals surface area contributed by atoms with E-state index in [0.29, 0.717) is 39.8 Å². The molecule has 0 spiro atoms. The van der Waals surface area contributed by atoms with Crippen molar-refractivity contribution in [1.29, 1.82) is 10.5 Å². The van der Waals surface area contributed by atoms with E-state index in [9.17, 15) is 0 Å². The summed E-state index contributed by atoms with van der Waals surface area (Å²) in [4.78, 5) is 8.59. The van der Waals surface area contributed by atoms with Crippen LogP contribution in [0.2, 0.25) is 0 Å². The van der Waals surface area contributed by atoms with Gasteiger partial charge >= 0.3 is 0 Å². The van der Waals surface area contributed by atoms with Gasteiger partial charge in [-0.2, -0.15) is 15.5 Å². The maximum absolute atomic E-state index is 8.90. The Kier molecular flexibility index (Phi) is 4.53. The van der Waals surface area contributed by atoms with Crippen molar-refractivity contribution in [2.24, 2.45) is 0 Å². The van der Waals surface area contributed by atoms with E-state index >= 15 is 0 Å². The summed E-state index contributed by atoms with van der Waals surface area (Å²) in [5.41, 5.74) is 3.14. The molecule has 0 unspecified atom stereocenters.